The van der Waals surface area contributed by atoms with Crippen LogP contribution in [0, 0.1) is 5.92 Å². The van der Waals surface area contributed by atoms with E-state index >= 15 is 0 Å². The van der Waals surface area contributed by atoms with Crippen molar-refractivity contribution >= 4 is 5.97 Å². The van der Waals surface area contributed by atoms with Crippen LogP contribution in [0.1, 0.15) is 24.0 Å². The molecule has 25 heavy (non-hydrogen) atoms. The van der Waals surface area contributed by atoms with E-state index in [1.807, 2.05) is 38.4 Å². The number of hydrogen-bond acceptors (Lipinski definition) is 3. The number of carboxylic acids is 1. The molecule has 132 valence electrons. The van der Waals surface area contributed by atoms with E-state index < -0.39 is 5.97 Å². The number of carboxylic acid groups (broad SMARTS) is 1. The summed E-state index contributed by atoms with van der Waals surface area (Å²) >= 11 is 0. The summed E-state index contributed by atoms with van der Waals surface area (Å²) in [6.07, 6.45) is 7.93. The first kappa shape index (κ1) is 17.5. The maximum atomic E-state index is 11.3. The molecule has 4 heteroatoms. The maximum Gasteiger partial charge on any atom is 0.304 e. The summed E-state index contributed by atoms with van der Waals surface area (Å²) in [6.45, 7) is 1.50. The standard InChI is InChI=1S/C21H25NO3/c1-22(2)11-5-8-18-16(13-21(23)24)9-10-20-19(18)12-15-6-3-4-7-17(15)14-25-20/h3-4,6-10,16H,5,11-14H2,1-2H3,(H,23,24). The number of hydrogen-bond donors (Lipinski definition) is 1. The van der Waals surface area contributed by atoms with Gasteiger partial charge < -0.3 is 14.7 Å². The highest BCUT2D eigenvalue weighted by atomic mass is 16.5. The average molecular weight is 339 g/mol. The van der Waals surface area contributed by atoms with Crippen molar-refractivity contribution in [2.45, 2.75) is 25.9 Å². The van der Waals surface area contributed by atoms with E-state index in [1.54, 1.807) is 0 Å². The third-order valence-corrected chi connectivity index (χ3v) is 4.73. The highest BCUT2D eigenvalue weighted by Crippen LogP contribution is 2.37. The summed E-state index contributed by atoms with van der Waals surface area (Å²) in [5.41, 5.74) is 4.71. The Bertz CT molecular complexity index is 743. The van der Waals surface area contributed by atoms with Crippen molar-refractivity contribution in [1.82, 2.24) is 4.90 Å². The molecule has 4 nitrogen and oxygen atoms in total. The summed E-state index contributed by atoms with van der Waals surface area (Å²) in [5, 5.41) is 9.29. The molecular formula is C21H25NO3. The summed E-state index contributed by atoms with van der Waals surface area (Å²) < 4.78 is 6.04. The van der Waals surface area contributed by atoms with Crippen molar-refractivity contribution in [3.63, 3.8) is 0 Å². The second-order valence-electron chi connectivity index (χ2n) is 6.89. The third-order valence-electron chi connectivity index (χ3n) is 4.73. The number of aliphatic carboxylic acids is 1. The largest absolute Gasteiger partial charge is 0.489 e. The van der Waals surface area contributed by atoms with Gasteiger partial charge in [0, 0.05) is 24.5 Å². The minimum absolute atomic E-state index is 0.0905. The lowest BCUT2D eigenvalue weighted by molar-refractivity contribution is -0.137. The minimum Gasteiger partial charge on any atom is -0.489 e. The van der Waals surface area contributed by atoms with E-state index in [2.05, 4.69) is 23.1 Å². The summed E-state index contributed by atoms with van der Waals surface area (Å²) in [5.74, 6) is 0.0216. The molecule has 0 saturated heterocycles. The van der Waals surface area contributed by atoms with Gasteiger partial charge in [0.15, 0.2) is 0 Å². The number of nitrogens with zero attached hydrogens (tertiary/aromatic N) is 1. The van der Waals surface area contributed by atoms with Crippen LogP contribution in [0.25, 0.3) is 0 Å². The van der Waals surface area contributed by atoms with Gasteiger partial charge in [0.2, 0.25) is 0 Å². The van der Waals surface area contributed by atoms with Gasteiger partial charge in [-0.05, 0) is 43.3 Å². The van der Waals surface area contributed by atoms with Crippen LogP contribution in [0.5, 0.6) is 0 Å². The molecule has 0 amide bonds. The lowest BCUT2D eigenvalue weighted by Crippen LogP contribution is -2.17. The Morgan fingerprint density at radius 3 is 2.80 bits per heavy atom. The van der Waals surface area contributed by atoms with Crippen molar-refractivity contribution in [2.24, 2.45) is 5.92 Å². The lowest BCUT2D eigenvalue weighted by atomic mass is 9.81. The van der Waals surface area contributed by atoms with Crippen LogP contribution in [-0.2, 0) is 22.6 Å². The van der Waals surface area contributed by atoms with E-state index in [9.17, 15) is 9.90 Å². The molecule has 1 atom stereocenters. The van der Waals surface area contributed by atoms with E-state index in [-0.39, 0.29) is 12.3 Å². The second kappa shape index (κ2) is 7.70. The Kier molecular flexibility index (Phi) is 5.39. The van der Waals surface area contributed by atoms with E-state index in [1.165, 1.54) is 11.1 Å². The van der Waals surface area contributed by atoms with Gasteiger partial charge in [-0.15, -0.1) is 0 Å². The molecule has 0 radical (unpaired) electrons. The predicted molar refractivity (Wildman–Crippen MR) is 98.1 cm³/mol. The third kappa shape index (κ3) is 4.20. The number of allylic oxidation sites excluding steroid dienone is 4. The molecular weight excluding hydrogens is 314 g/mol. The maximum absolute atomic E-state index is 11.3. The van der Waals surface area contributed by atoms with Crippen LogP contribution in [0.2, 0.25) is 0 Å². The number of carbonyl (C=O) groups is 1. The molecule has 1 heterocycles. The van der Waals surface area contributed by atoms with Crippen LogP contribution >= 0.6 is 0 Å². The van der Waals surface area contributed by atoms with Crippen molar-refractivity contribution in [2.75, 3.05) is 20.6 Å². The predicted octanol–water partition coefficient (Wildman–Crippen LogP) is 3.55. The van der Waals surface area contributed by atoms with Gasteiger partial charge in [0.25, 0.3) is 0 Å². The SMILES string of the molecule is CN(C)CCC=C1C2=C(C=CC1CC(=O)O)OCc1ccccc1C2. The molecule has 1 N–H and O–H groups in total. The van der Waals surface area contributed by atoms with Gasteiger partial charge in [0.05, 0.1) is 6.42 Å². The fourth-order valence-electron chi connectivity index (χ4n) is 3.43. The zero-order chi connectivity index (χ0) is 17.8. The Morgan fingerprint density at radius 2 is 2.08 bits per heavy atom. The Hall–Kier alpha value is -2.33. The van der Waals surface area contributed by atoms with Gasteiger partial charge in [-0.25, -0.2) is 0 Å². The lowest BCUT2D eigenvalue weighted by Gasteiger charge is -2.24. The summed E-state index contributed by atoms with van der Waals surface area (Å²) in [7, 11) is 4.09. The molecule has 1 aliphatic carbocycles. The zero-order valence-electron chi connectivity index (χ0n) is 14.9. The average Bonchev–Trinajstić information content (AvgIpc) is 2.75. The van der Waals surface area contributed by atoms with Crippen molar-refractivity contribution < 1.29 is 14.6 Å². The second-order valence-corrected chi connectivity index (χ2v) is 6.89. The molecule has 0 aromatic heterocycles. The Balaban J connectivity index is 1.94. The molecule has 0 fully saturated rings. The van der Waals surface area contributed by atoms with Crippen molar-refractivity contribution in [3.8, 4) is 0 Å². The minimum atomic E-state index is -0.771. The van der Waals surface area contributed by atoms with Gasteiger partial charge in [0.1, 0.15) is 12.4 Å². The topological polar surface area (TPSA) is 49.8 Å². The normalized spacial score (nSPS) is 20.9. The molecule has 1 unspecified atom stereocenters. The molecule has 3 rings (SSSR count). The first-order valence-corrected chi connectivity index (χ1v) is 8.72. The number of benzene rings is 1. The van der Waals surface area contributed by atoms with E-state index in [4.69, 9.17) is 4.74 Å². The monoisotopic (exact) mass is 339 g/mol. The van der Waals surface area contributed by atoms with Gasteiger partial charge in [-0.2, -0.15) is 0 Å². The van der Waals surface area contributed by atoms with E-state index in [0.717, 1.165) is 36.3 Å². The van der Waals surface area contributed by atoms with Crippen LogP contribution in [-0.4, -0.2) is 36.6 Å². The first-order valence-electron chi connectivity index (χ1n) is 8.72. The molecule has 0 saturated carbocycles. The fraction of sp³-hybridized carbons (Fsp3) is 0.381. The Labute approximate surface area is 149 Å². The van der Waals surface area contributed by atoms with Crippen LogP contribution in [0.15, 0.2) is 59.4 Å². The van der Waals surface area contributed by atoms with Crippen LogP contribution in [0.3, 0.4) is 0 Å². The van der Waals surface area contributed by atoms with E-state index in [0.29, 0.717) is 6.61 Å². The highest BCUT2D eigenvalue weighted by Gasteiger charge is 2.27. The smallest absolute Gasteiger partial charge is 0.304 e. The Morgan fingerprint density at radius 1 is 1.32 bits per heavy atom. The van der Waals surface area contributed by atoms with Gasteiger partial charge in [-0.1, -0.05) is 36.4 Å². The zero-order valence-corrected chi connectivity index (χ0v) is 14.9. The molecule has 1 aliphatic heterocycles. The quantitative estimate of drug-likeness (QED) is 0.891. The van der Waals surface area contributed by atoms with Crippen molar-refractivity contribution in [3.05, 3.63) is 70.5 Å². The fourth-order valence-corrected chi connectivity index (χ4v) is 3.43. The molecule has 1 aromatic carbocycles. The number of ether oxygens (including phenoxy) is 1. The highest BCUT2D eigenvalue weighted by molar-refractivity contribution is 5.69. The molecule has 2 aliphatic rings. The van der Waals surface area contributed by atoms with Crippen molar-refractivity contribution in [1.29, 1.82) is 0 Å². The van der Waals surface area contributed by atoms with Crippen LogP contribution in [0.4, 0.5) is 0 Å². The molecule has 0 bridgehead atoms. The summed E-state index contributed by atoms with van der Waals surface area (Å²) in [6, 6.07) is 8.31. The summed E-state index contributed by atoms with van der Waals surface area (Å²) in [4.78, 5) is 13.4. The van der Waals surface area contributed by atoms with Gasteiger partial charge >= 0.3 is 5.97 Å². The molecule has 0 spiro atoms. The number of rotatable bonds is 5. The first-order chi connectivity index (χ1) is 12.0. The molecule has 1 aromatic rings. The number of fused-ring (bicyclic) bond motifs is 1. The van der Waals surface area contributed by atoms with Gasteiger partial charge in [-0.3, -0.25) is 4.79 Å². The van der Waals surface area contributed by atoms with Crippen LogP contribution < -0.4 is 0 Å².